The van der Waals surface area contributed by atoms with Crippen LogP contribution in [0.25, 0.3) is 0 Å². The number of nitrogens with zero attached hydrogens (tertiary/aromatic N) is 3. The number of nitrogens with two attached hydrogens (primary N) is 1. The Balaban J connectivity index is 2.30. The van der Waals surface area contributed by atoms with Crippen molar-refractivity contribution in [2.24, 2.45) is 7.05 Å². The van der Waals surface area contributed by atoms with Crippen LogP contribution in [-0.2, 0) is 13.5 Å². The molecule has 98 valence electrons. The van der Waals surface area contributed by atoms with Crippen molar-refractivity contribution in [1.29, 1.82) is 5.26 Å². The van der Waals surface area contributed by atoms with Crippen molar-refractivity contribution in [3.05, 3.63) is 35.5 Å². The molecule has 3 N–H and O–H groups in total. The molecule has 0 atom stereocenters. The summed E-state index contributed by atoms with van der Waals surface area (Å²) in [5.41, 5.74) is 9.12. The first-order valence-electron chi connectivity index (χ1n) is 6.24. The fourth-order valence-electron chi connectivity index (χ4n) is 1.97. The second-order valence-electron chi connectivity index (χ2n) is 4.40. The van der Waals surface area contributed by atoms with Crippen molar-refractivity contribution in [3.63, 3.8) is 0 Å². The summed E-state index contributed by atoms with van der Waals surface area (Å²) in [4.78, 5) is 0. The first-order chi connectivity index (χ1) is 9.15. The van der Waals surface area contributed by atoms with Crippen LogP contribution in [0.4, 0.5) is 17.2 Å². The number of hydrogen-bond acceptors (Lipinski definition) is 4. The molecule has 0 fully saturated rings. The minimum atomic E-state index is 0.611. The Morgan fingerprint density at radius 3 is 2.95 bits per heavy atom. The van der Waals surface area contributed by atoms with Gasteiger partial charge in [0.25, 0.3) is 0 Å². The van der Waals surface area contributed by atoms with E-state index < -0.39 is 0 Å². The van der Waals surface area contributed by atoms with E-state index in [2.05, 4.69) is 23.4 Å². The zero-order chi connectivity index (χ0) is 13.8. The third kappa shape index (κ3) is 2.68. The molecule has 5 nitrogen and oxygen atoms in total. The molecule has 0 amide bonds. The number of benzene rings is 1. The summed E-state index contributed by atoms with van der Waals surface area (Å²) < 4.78 is 1.74. The number of hydrogen-bond donors (Lipinski definition) is 2. The molecule has 2 rings (SSSR count). The number of anilines is 3. The molecule has 0 aliphatic carbocycles. The van der Waals surface area contributed by atoms with Gasteiger partial charge >= 0.3 is 0 Å². The van der Waals surface area contributed by atoms with Gasteiger partial charge < -0.3 is 11.1 Å². The van der Waals surface area contributed by atoms with Crippen LogP contribution in [0.2, 0.25) is 0 Å². The number of rotatable bonds is 4. The van der Waals surface area contributed by atoms with E-state index in [1.807, 2.05) is 19.2 Å². The molecule has 2 aromatic rings. The van der Waals surface area contributed by atoms with Gasteiger partial charge in [0.2, 0.25) is 0 Å². The van der Waals surface area contributed by atoms with E-state index in [9.17, 15) is 0 Å². The second kappa shape index (κ2) is 5.44. The van der Waals surface area contributed by atoms with Crippen molar-refractivity contribution >= 4 is 17.2 Å². The Kier molecular flexibility index (Phi) is 3.71. The average Bonchev–Trinajstić information content (AvgIpc) is 2.67. The van der Waals surface area contributed by atoms with Gasteiger partial charge in [-0.25, -0.2) is 0 Å². The molecule has 0 saturated heterocycles. The summed E-state index contributed by atoms with van der Waals surface area (Å²) in [6, 6.07) is 9.39. The monoisotopic (exact) mass is 255 g/mol. The average molecular weight is 255 g/mol. The number of aromatic nitrogens is 2. The smallest absolute Gasteiger partial charge is 0.152 e. The van der Waals surface area contributed by atoms with E-state index >= 15 is 0 Å². The standard InChI is InChI=1S/C14H17N5/c1-3-5-12-13(16)14(19(2)18-12)17-11-7-4-6-10(8-11)9-15/h4,6-8,17H,3,5,16H2,1-2H3. The molecule has 0 aliphatic heterocycles. The zero-order valence-corrected chi connectivity index (χ0v) is 11.1. The molecule has 0 aliphatic rings. The van der Waals surface area contributed by atoms with Crippen molar-refractivity contribution in [2.75, 3.05) is 11.1 Å². The molecule has 19 heavy (non-hydrogen) atoms. The van der Waals surface area contributed by atoms with Gasteiger partial charge in [0.1, 0.15) is 0 Å². The Morgan fingerprint density at radius 1 is 1.47 bits per heavy atom. The number of nitrogens with one attached hydrogen (secondary N) is 1. The van der Waals surface area contributed by atoms with Gasteiger partial charge in [-0.05, 0) is 24.6 Å². The van der Waals surface area contributed by atoms with Gasteiger partial charge in [-0.1, -0.05) is 19.4 Å². The van der Waals surface area contributed by atoms with Crippen LogP contribution < -0.4 is 11.1 Å². The van der Waals surface area contributed by atoms with Crippen LogP contribution >= 0.6 is 0 Å². The Morgan fingerprint density at radius 2 is 2.26 bits per heavy atom. The van der Waals surface area contributed by atoms with Crippen LogP contribution in [0.5, 0.6) is 0 Å². The number of aryl methyl sites for hydroxylation is 2. The molecule has 0 radical (unpaired) electrons. The van der Waals surface area contributed by atoms with E-state index in [1.165, 1.54) is 0 Å². The second-order valence-corrected chi connectivity index (χ2v) is 4.40. The lowest BCUT2D eigenvalue weighted by molar-refractivity contribution is 0.740. The van der Waals surface area contributed by atoms with Gasteiger partial charge in [0, 0.05) is 12.7 Å². The highest BCUT2D eigenvalue weighted by Gasteiger charge is 2.12. The SMILES string of the molecule is CCCc1nn(C)c(Nc2cccc(C#N)c2)c1N. The Labute approximate surface area is 112 Å². The first kappa shape index (κ1) is 13.0. The van der Waals surface area contributed by atoms with Crippen LogP contribution in [0.3, 0.4) is 0 Å². The van der Waals surface area contributed by atoms with E-state index in [4.69, 9.17) is 11.0 Å². The van der Waals surface area contributed by atoms with E-state index in [-0.39, 0.29) is 0 Å². The Hall–Kier alpha value is -2.48. The number of nitrogen functional groups attached to an aromatic ring is 1. The summed E-state index contributed by atoms with van der Waals surface area (Å²) >= 11 is 0. The fourth-order valence-corrected chi connectivity index (χ4v) is 1.97. The predicted molar refractivity (Wildman–Crippen MR) is 76.1 cm³/mol. The highest BCUT2D eigenvalue weighted by molar-refractivity contribution is 5.71. The van der Waals surface area contributed by atoms with Crippen molar-refractivity contribution < 1.29 is 0 Å². The highest BCUT2D eigenvalue weighted by Crippen LogP contribution is 2.26. The summed E-state index contributed by atoms with van der Waals surface area (Å²) in [7, 11) is 1.85. The minimum Gasteiger partial charge on any atom is -0.394 e. The summed E-state index contributed by atoms with van der Waals surface area (Å²) in [6.07, 6.45) is 1.87. The quantitative estimate of drug-likeness (QED) is 0.880. The van der Waals surface area contributed by atoms with E-state index in [0.717, 1.165) is 30.0 Å². The van der Waals surface area contributed by atoms with E-state index in [0.29, 0.717) is 11.3 Å². The lowest BCUT2D eigenvalue weighted by Gasteiger charge is -2.07. The van der Waals surface area contributed by atoms with Crippen molar-refractivity contribution in [3.8, 4) is 6.07 Å². The predicted octanol–water partition coefficient (Wildman–Crippen LogP) is 2.57. The molecule has 0 spiro atoms. The van der Waals surface area contributed by atoms with Gasteiger partial charge in [0.05, 0.1) is 23.0 Å². The highest BCUT2D eigenvalue weighted by atomic mass is 15.3. The third-order valence-corrected chi connectivity index (χ3v) is 2.90. The molecular formula is C14H17N5. The molecule has 0 saturated carbocycles. The van der Waals surface area contributed by atoms with Gasteiger partial charge in [-0.15, -0.1) is 0 Å². The maximum absolute atomic E-state index is 8.89. The lowest BCUT2D eigenvalue weighted by Crippen LogP contribution is -2.01. The number of nitriles is 1. The third-order valence-electron chi connectivity index (χ3n) is 2.90. The van der Waals surface area contributed by atoms with Crippen LogP contribution in [0, 0.1) is 11.3 Å². The summed E-state index contributed by atoms with van der Waals surface area (Å²) in [5, 5.41) is 16.5. The molecular weight excluding hydrogens is 238 g/mol. The maximum atomic E-state index is 8.89. The normalized spacial score (nSPS) is 10.2. The molecule has 0 bridgehead atoms. The van der Waals surface area contributed by atoms with Crippen molar-refractivity contribution in [2.45, 2.75) is 19.8 Å². The van der Waals surface area contributed by atoms with E-state index in [1.54, 1.807) is 16.8 Å². The maximum Gasteiger partial charge on any atom is 0.152 e. The summed E-state index contributed by atoms with van der Waals surface area (Å²) in [5.74, 6) is 0.763. The molecule has 5 heteroatoms. The first-order valence-corrected chi connectivity index (χ1v) is 6.24. The lowest BCUT2D eigenvalue weighted by atomic mass is 10.2. The zero-order valence-electron chi connectivity index (χ0n) is 11.1. The van der Waals surface area contributed by atoms with Gasteiger partial charge in [-0.2, -0.15) is 10.4 Å². The molecule has 0 unspecified atom stereocenters. The van der Waals surface area contributed by atoms with Crippen LogP contribution in [-0.4, -0.2) is 9.78 Å². The molecule has 1 heterocycles. The van der Waals surface area contributed by atoms with Gasteiger partial charge in [-0.3, -0.25) is 4.68 Å². The summed E-state index contributed by atoms with van der Waals surface area (Å²) in [6.45, 7) is 2.09. The Bertz CT molecular complexity index is 621. The van der Waals surface area contributed by atoms with Gasteiger partial charge in [0.15, 0.2) is 5.82 Å². The van der Waals surface area contributed by atoms with Crippen molar-refractivity contribution in [1.82, 2.24) is 9.78 Å². The topological polar surface area (TPSA) is 79.7 Å². The van der Waals surface area contributed by atoms with Crippen LogP contribution in [0.1, 0.15) is 24.6 Å². The molecule has 1 aromatic carbocycles. The largest absolute Gasteiger partial charge is 0.394 e. The minimum absolute atomic E-state index is 0.611. The fraction of sp³-hybridized carbons (Fsp3) is 0.286. The molecule has 1 aromatic heterocycles. The van der Waals surface area contributed by atoms with Crippen LogP contribution in [0.15, 0.2) is 24.3 Å².